The molecular weight excluding hydrogens is 432 g/mol. The molecule has 0 spiro atoms. The number of aryl methyl sites for hydroxylation is 1. The molecule has 0 aliphatic rings. The minimum absolute atomic E-state index is 0.313. The monoisotopic (exact) mass is 466 g/mol. The van der Waals surface area contributed by atoms with Gasteiger partial charge >= 0.3 is 12.3 Å². The highest BCUT2D eigenvalue weighted by molar-refractivity contribution is 6.13. The number of ether oxygens (including phenoxy) is 4. The van der Waals surface area contributed by atoms with Crippen LogP contribution in [-0.4, -0.2) is 25.5 Å². The average molecular weight is 467 g/mol. The van der Waals surface area contributed by atoms with Crippen LogP contribution in [0.5, 0.6) is 11.5 Å². The van der Waals surface area contributed by atoms with Crippen LogP contribution >= 0.6 is 0 Å². The molecule has 0 unspecified atom stereocenters. The molecule has 0 N–H and O–H groups in total. The first-order valence-electron chi connectivity index (χ1n) is 12.3. The van der Waals surface area contributed by atoms with Crippen LogP contribution in [0, 0.1) is 0 Å². The predicted octanol–water partition coefficient (Wildman–Crippen LogP) is 7.97. The van der Waals surface area contributed by atoms with Gasteiger partial charge in [0.15, 0.2) is 5.75 Å². The van der Waals surface area contributed by atoms with Crippen LogP contribution in [0.4, 0.5) is 9.59 Å². The average Bonchev–Trinajstić information content (AvgIpc) is 2.86. The van der Waals surface area contributed by atoms with Gasteiger partial charge in [0.1, 0.15) is 5.75 Å². The van der Waals surface area contributed by atoms with E-state index < -0.39 is 12.3 Å². The highest BCUT2D eigenvalue weighted by Crippen LogP contribution is 2.44. The van der Waals surface area contributed by atoms with Gasteiger partial charge in [0.25, 0.3) is 0 Å². The quantitative estimate of drug-likeness (QED) is 0.123. The molecule has 0 radical (unpaired) electrons. The molecule has 0 bridgehead atoms. The summed E-state index contributed by atoms with van der Waals surface area (Å²) < 4.78 is 22.1. The molecule has 3 aromatic rings. The summed E-state index contributed by atoms with van der Waals surface area (Å²) in [7, 11) is 0. The second-order valence-corrected chi connectivity index (χ2v) is 8.21. The van der Waals surface area contributed by atoms with E-state index in [1.165, 1.54) is 0 Å². The van der Waals surface area contributed by atoms with Crippen molar-refractivity contribution in [2.24, 2.45) is 0 Å². The van der Waals surface area contributed by atoms with Crippen molar-refractivity contribution in [3.8, 4) is 11.5 Å². The van der Waals surface area contributed by atoms with Gasteiger partial charge < -0.3 is 18.9 Å². The van der Waals surface area contributed by atoms with Crippen LogP contribution in [0.3, 0.4) is 0 Å². The lowest BCUT2D eigenvalue weighted by Gasteiger charge is -2.18. The molecule has 3 rings (SSSR count). The van der Waals surface area contributed by atoms with Crippen LogP contribution in [0.2, 0.25) is 0 Å². The second-order valence-electron chi connectivity index (χ2n) is 8.21. The number of rotatable bonds is 11. The van der Waals surface area contributed by atoms with Gasteiger partial charge in [-0.1, -0.05) is 88.9 Å². The van der Waals surface area contributed by atoms with Gasteiger partial charge in [-0.3, -0.25) is 0 Å². The summed E-state index contributed by atoms with van der Waals surface area (Å²) in [6, 6.07) is 13.1. The van der Waals surface area contributed by atoms with Crippen molar-refractivity contribution >= 4 is 33.9 Å². The van der Waals surface area contributed by atoms with E-state index in [1.807, 2.05) is 49.4 Å². The second kappa shape index (κ2) is 12.8. The molecule has 0 fully saturated rings. The van der Waals surface area contributed by atoms with Gasteiger partial charge in [-0.2, -0.15) is 0 Å². The van der Waals surface area contributed by atoms with E-state index in [9.17, 15) is 9.59 Å². The summed E-state index contributed by atoms with van der Waals surface area (Å²) in [5.74, 6) is 0.803. The summed E-state index contributed by atoms with van der Waals surface area (Å²) >= 11 is 0. The highest BCUT2D eigenvalue weighted by atomic mass is 16.7. The minimum atomic E-state index is -0.742. The van der Waals surface area contributed by atoms with Crippen LogP contribution in [-0.2, 0) is 15.9 Å². The number of fused-ring (bicyclic) bond motifs is 2. The van der Waals surface area contributed by atoms with Crippen molar-refractivity contribution in [2.45, 2.75) is 65.7 Å². The van der Waals surface area contributed by atoms with Crippen molar-refractivity contribution in [3.63, 3.8) is 0 Å². The zero-order chi connectivity index (χ0) is 24.3. The molecule has 34 heavy (non-hydrogen) atoms. The summed E-state index contributed by atoms with van der Waals surface area (Å²) in [6.45, 7) is 6.83. The van der Waals surface area contributed by atoms with Crippen molar-refractivity contribution in [3.05, 3.63) is 48.0 Å². The fraction of sp³-hybridized carbons (Fsp3) is 0.429. The molecule has 0 atom stereocenters. The number of benzene rings is 3. The first kappa shape index (κ1) is 25.3. The zero-order valence-corrected chi connectivity index (χ0v) is 20.4. The lowest BCUT2D eigenvalue weighted by molar-refractivity contribution is 0.0966. The van der Waals surface area contributed by atoms with Gasteiger partial charge in [0, 0.05) is 21.5 Å². The van der Waals surface area contributed by atoms with E-state index in [4.69, 9.17) is 18.9 Å². The molecule has 0 aliphatic carbocycles. The van der Waals surface area contributed by atoms with E-state index in [0.717, 1.165) is 49.5 Å². The molecule has 182 valence electrons. The number of carbonyl (C=O) groups is 2. The molecule has 0 amide bonds. The normalized spacial score (nSPS) is 10.9. The van der Waals surface area contributed by atoms with E-state index in [-0.39, 0.29) is 0 Å². The summed E-state index contributed by atoms with van der Waals surface area (Å²) in [4.78, 5) is 25.0. The van der Waals surface area contributed by atoms with Crippen molar-refractivity contribution in [2.75, 3.05) is 13.2 Å². The maximum absolute atomic E-state index is 12.5. The smallest absolute Gasteiger partial charge is 0.434 e. The fourth-order valence-corrected chi connectivity index (χ4v) is 3.97. The molecule has 6 heteroatoms. The summed E-state index contributed by atoms with van der Waals surface area (Å²) in [5.41, 5.74) is 0.971. The number of hydrogen-bond donors (Lipinski definition) is 0. The predicted molar refractivity (Wildman–Crippen MR) is 134 cm³/mol. The van der Waals surface area contributed by atoms with E-state index in [2.05, 4.69) is 13.8 Å². The van der Waals surface area contributed by atoms with Gasteiger partial charge in [0.2, 0.25) is 0 Å². The Bertz CT molecular complexity index is 1120. The highest BCUT2D eigenvalue weighted by Gasteiger charge is 2.22. The van der Waals surface area contributed by atoms with Crippen molar-refractivity contribution in [1.82, 2.24) is 0 Å². The molecular formula is C28H34O6. The molecule has 0 saturated carbocycles. The van der Waals surface area contributed by atoms with Crippen LogP contribution in [0.1, 0.15) is 64.9 Å². The first-order valence-corrected chi connectivity index (χ1v) is 12.3. The molecule has 0 aromatic heterocycles. The Morgan fingerprint density at radius 3 is 1.74 bits per heavy atom. The maximum atomic E-state index is 12.5. The third kappa shape index (κ3) is 6.19. The van der Waals surface area contributed by atoms with E-state index in [0.29, 0.717) is 47.3 Å². The largest absolute Gasteiger partial charge is 0.513 e. The summed E-state index contributed by atoms with van der Waals surface area (Å²) in [5, 5.41) is 2.72. The van der Waals surface area contributed by atoms with Gasteiger partial charge in [-0.15, -0.1) is 0 Å². The van der Waals surface area contributed by atoms with E-state index >= 15 is 0 Å². The Hall–Kier alpha value is -3.28. The van der Waals surface area contributed by atoms with Crippen molar-refractivity contribution < 1.29 is 28.5 Å². The zero-order valence-electron chi connectivity index (χ0n) is 20.4. The lowest BCUT2D eigenvalue weighted by atomic mass is 9.96. The van der Waals surface area contributed by atoms with Gasteiger partial charge in [0.05, 0.1) is 13.2 Å². The Morgan fingerprint density at radius 1 is 0.647 bits per heavy atom. The number of carbonyl (C=O) groups excluding carboxylic acids is 2. The van der Waals surface area contributed by atoms with Gasteiger partial charge in [-0.05, 0) is 24.8 Å². The Kier molecular flexibility index (Phi) is 9.56. The van der Waals surface area contributed by atoms with Crippen LogP contribution in [0.25, 0.3) is 21.5 Å². The minimum Gasteiger partial charge on any atom is -0.434 e. The number of unbranched alkanes of at least 4 members (excludes halogenated alkanes) is 4. The Balaban J connectivity index is 2.02. The molecule has 0 aliphatic heterocycles. The van der Waals surface area contributed by atoms with Crippen LogP contribution < -0.4 is 9.47 Å². The standard InChI is InChI=1S/C28H34O6/c1-4-7-11-18-31-27(29)33-25-21-15-9-10-16-22(21)26(34-28(30)32-19-12-8-5-2)24-20(6-3)14-13-17-23(24)25/h9-10,13-17H,4-8,11-12,18-19H2,1-3H3. The SMILES string of the molecule is CCCCCOC(=O)Oc1c2ccccc2c(OC(=O)OCCCCC)c2c(CC)cccc12. The first-order chi connectivity index (χ1) is 16.6. The van der Waals surface area contributed by atoms with E-state index in [1.54, 1.807) is 0 Å². The summed E-state index contributed by atoms with van der Waals surface area (Å²) in [6.07, 6.45) is 4.86. The van der Waals surface area contributed by atoms with Crippen LogP contribution in [0.15, 0.2) is 42.5 Å². The number of hydrogen-bond acceptors (Lipinski definition) is 6. The molecule has 0 heterocycles. The van der Waals surface area contributed by atoms with Crippen molar-refractivity contribution in [1.29, 1.82) is 0 Å². The van der Waals surface area contributed by atoms with Gasteiger partial charge in [-0.25, -0.2) is 9.59 Å². The Morgan fingerprint density at radius 2 is 1.18 bits per heavy atom. The molecule has 0 saturated heterocycles. The topological polar surface area (TPSA) is 71.1 Å². The molecule has 6 nitrogen and oxygen atoms in total. The molecule has 3 aromatic carbocycles. The Labute approximate surface area is 201 Å². The lowest BCUT2D eigenvalue weighted by Crippen LogP contribution is -2.14. The third-order valence-electron chi connectivity index (χ3n) is 5.73. The third-order valence-corrected chi connectivity index (χ3v) is 5.73. The maximum Gasteiger partial charge on any atom is 0.513 e. The fourth-order valence-electron chi connectivity index (χ4n) is 3.97.